The summed E-state index contributed by atoms with van der Waals surface area (Å²) in [6, 6.07) is 4.53. The van der Waals surface area contributed by atoms with E-state index in [9.17, 15) is 34.7 Å². The molecule has 0 aromatic heterocycles. The first kappa shape index (κ1) is 15.8. The summed E-state index contributed by atoms with van der Waals surface area (Å²) in [7, 11) is -7.31. The van der Waals surface area contributed by atoms with Crippen molar-refractivity contribution in [3.05, 3.63) is 41.9 Å². The zero-order chi connectivity index (χ0) is 16.1. The van der Waals surface area contributed by atoms with Gasteiger partial charge in [-0.05, 0) is 0 Å². The molecule has 21 heavy (non-hydrogen) atoms. The van der Waals surface area contributed by atoms with Crippen molar-refractivity contribution in [3.8, 4) is 0 Å². The number of halogens is 8. The van der Waals surface area contributed by atoms with Crippen LogP contribution in [0.2, 0.25) is 0 Å². The van der Waals surface area contributed by atoms with Gasteiger partial charge >= 0.3 is 111 Å². The van der Waals surface area contributed by atoms with Crippen LogP contribution >= 0.6 is 7.68 Å². The van der Waals surface area contributed by atoms with Crippen LogP contribution in [0.25, 0.3) is 0 Å². The molecule has 0 atom stereocenters. The Kier molecular flexibility index (Phi) is 3.18. The van der Waals surface area contributed by atoms with Gasteiger partial charge < -0.3 is 0 Å². The molecule has 11 heteroatoms. The number of hydrogen-bond donors (Lipinski definition) is 0. The topological polar surface area (TPSA) is 18.5 Å². The molecule has 0 aliphatic carbocycles. The molecule has 1 aromatic rings. The van der Waals surface area contributed by atoms with Gasteiger partial charge in [0.1, 0.15) is 0 Å². The molecule has 1 aromatic carbocycles. The molecule has 1 heterocycles. The molecular weight excluding hydrogens is 335 g/mol. The number of benzene rings is 1. The van der Waals surface area contributed by atoms with E-state index in [0.29, 0.717) is 12.1 Å². The molecule has 0 unspecified atom stereocenters. The number of alkyl halides is 6. The van der Waals surface area contributed by atoms with E-state index in [-0.39, 0.29) is 0 Å². The Morgan fingerprint density at radius 1 is 0.714 bits per heavy atom. The fourth-order valence-electron chi connectivity index (χ4n) is 1.53. The molecule has 118 valence electrons. The first-order valence-electron chi connectivity index (χ1n) is 5.13. The average Bonchev–Trinajstić information content (AvgIpc) is 2.65. The number of hydrogen-bond acceptors (Lipinski definition) is 2. The van der Waals surface area contributed by atoms with Crippen molar-refractivity contribution in [1.29, 1.82) is 0 Å². The Morgan fingerprint density at radius 3 is 1.43 bits per heavy atom. The van der Waals surface area contributed by atoms with Crippen LogP contribution in [0.1, 0.15) is 0 Å². The van der Waals surface area contributed by atoms with E-state index in [1.807, 2.05) is 0 Å². The predicted octanol–water partition coefficient (Wildman–Crippen LogP) is 4.85. The fourth-order valence-corrected chi connectivity index (χ4v) is 3.40. The summed E-state index contributed by atoms with van der Waals surface area (Å²) in [4.78, 5) is 0. The molecule has 2 nitrogen and oxygen atoms in total. The summed E-state index contributed by atoms with van der Waals surface area (Å²) in [5.41, 5.74) is 0. The van der Waals surface area contributed by atoms with Crippen LogP contribution in [-0.4, -0.2) is 12.4 Å². The van der Waals surface area contributed by atoms with Gasteiger partial charge in [-0.1, -0.05) is 0 Å². The normalized spacial score (nSPS) is 23.0. The Labute approximate surface area is 112 Å². The van der Waals surface area contributed by atoms with Crippen molar-refractivity contribution in [2.45, 2.75) is 12.4 Å². The predicted molar refractivity (Wildman–Crippen MR) is 56.5 cm³/mol. The average molecular weight is 340 g/mol. The first-order chi connectivity index (χ1) is 9.33. The Bertz CT molecular complexity index is 559. The molecule has 0 amide bonds. The van der Waals surface area contributed by atoms with E-state index >= 15 is 0 Å². The Balaban J connectivity index is 2.57. The van der Waals surface area contributed by atoms with Gasteiger partial charge in [0.15, 0.2) is 0 Å². The first-order valence-corrected chi connectivity index (χ1v) is 6.98. The maximum absolute atomic E-state index is 14.3. The summed E-state index contributed by atoms with van der Waals surface area (Å²) < 4.78 is 110. The minimum absolute atomic E-state index is 0.630. The molecule has 0 radical (unpaired) electrons. The number of rotatable bonds is 1. The van der Waals surface area contributed by atoms with E-state index in [0.717, 1.165) is 12.1 Å². The SMILES string of the molecule is FC(F)(F)C1=C(C(F)(F)F)OP(F)(F)(c2ccccc2)O1. The maximum atomic E-state index is 14.3. The third kappa shape index (κ3) is 2.76. The minimum atomic E-state index is -7.31. The van der Waals surface area contributed by atoms with Crippen LogP contribution in [0.3, 0.4) is 0 Å². The summed E-state index contributed by atoms with van der Waals surface area (Å²) in [5, 5.41) is -1.18. The van der Waals surface area contributed by atoms with Gasteiger partial charge in [0.2, 0.25) is 0 Å². The van der Waals surface area contributed by atoms with Gasteiger partial charge in [0.25, 0.3) is 0 Å². The third-order valence-electron chi connectivity index (χ3n) is 2.37. The molecule has 1 aliphatic heterocycles. The molecular formula is C10H5F8O2P. The zero-order valence-corrected chi connectivity index (χ0v) is 10.6. The van der Waals surface area contributed by atoms with E-state index in [1.165, 1.54) is 6.07 Å². The fraction of sp³-hybridized carbons (Fsp3) is 0.200. The van der Waals surface area contributed by atoms with Crippen molar-refractivity contribution in [1.82, 2.24) is 0 Å². The second-order valence-electron chi connectivity index (χ2n) is 3.94. The molecule has 2 rings (SSSR count). The van der Waals surface area contributed by atoms with Crippen LogP contribution in [0.5, 0.6) is 0 Å². The van der Waals surface area contributed by atoms with Gasteiger partial charge in [-0.2, -0.15) is 0 Å². The van der Waals surface area contributed by atoms with Crippen molar-refractivity contribution in [2.75, 3.05) is 0 Å². The van der Waals surface area contributed by atoms with Crippen molar-refractivity contribution < 1.29 is 43.8 Å². The molecule has 0 spiro atoms. The van der Waals surface area contributed by atoms with Crippen LogP contribution in [0.4, 0.5) is 34.7 Å². The van der Waals surface area contributed by atoms with Gasteiger partial charge in [-0.3, -0.25) is 0 Å². The summed E-state index contributed by atoms with van der Waals surface area (Å²) in [5.74, 6) is -5.75. The van der Waals surface area contributed by atoms with Gasteiger partial charge in [0, 0.05) is 0 Å². The van der Waals surface area contributed by atoms with E-state index in [2.05, 4.69) is 9.05 Å². The summed E-state index contributed by atoms with van der Waals surface area (Å²) in [6.45, 7) is 0. The molecule has 0 saturated heterocycles. The standard InChI is InChI=1S/C10H5F8O2P/c11-9(12,13)7-8(10(14,15)16)20-21(17,18,19-7)6-4-2-1-3-5-6/h1-5H. The van der Waals surface area contributed by atoms with Crippen molar-refractivity contribution >= 4 is 13.0 Å². The molecule has 0 saturated carbocycles. The Morgan fingerprint density at radius 2 is 1.10 bits per heavy atom. The van der Waals surface area contributed by atoms with Crippen LogP contribution < -0.4 is 5.30 Å². The van der Waals surface area contributed by atoms with Crippen molar-refractivity contribution in [3.63, 3.8) is 0 Å². The van der Waals surface area contributed by atoms with Crippen molar-refractivity contribution in [2.24, 2.45) is 0 Å². The zero-order valence-electron chi connectivity index (χ0n) is 9.67. The molecule has 0 bridgehead atoms. The third-order valence-corrected chi connectivity index (χ3v) is 4.45. The number of allylic oxidation sites excluding steroid dienone is 2. The summed E-state index contributed by atoms with van der Waals surface area (Å²) >= 11 is 0. The summed E-state index contributed by atoms with van der Waals surface area (Å²) in [6.07, 6.45) is -11.5. The van der Waals surface area contributed by atoms with Gasteiger partial charge in [0.05, 0.1) is 0 Å². The molecule has 0 N–H and O–H groups in total. The van der Waals surface area contributed by atoms with E-state index in [1.54, 1.807) is 0 Å². The van der Waals surface area contributed by atoms with Crippen LogP contribution in [0.15, 0.2) is 41.9 Å². The second kappa shape index (κ2) is 4.22. The van der Waals surface area contributed by atoms with Gasteiger partial charge in [-0.15, -0.1) is 0 Å². The quantitative estimate of drug-likeness (QED) is 0.538. The van der Waals surface area contributed by atoms with Crippen LogP contribution in [0, 0.1) is 0 Å². The van der Waals surface area contributed by atoms with E-state index in [4.69, 9.17) is 0 Å². The van der Waals surface area contributed by atoms with Crippen LogP contribution in [-0.2, 0) is 9.05 Å². The Hall–Kier alpha value is -1.57. The van der Waals surface area contributed by atoms with E-state index < -0.39 is 36.9 Å². The second-order valence-corrected chi connectivity index (χ2v) is 6.35. The molecule has 0 fully saturated rings. The molecule has 1 aliphatic rings. The van der Waals surface area contributed by atoms with Gasteiger partial charge in [-0.25, -0.2) is 0 Å². The monoisotopic (exact) mass is 340 g/mol.